The number of carbonyl (C=O) groups is 1. The summed E-state index contributed by atoms with van der Waals surface area (Å²) >= 11 is 0. The Labute approximate surface area is 186 Å². The third kappa shape index (κ3) is 6.31. The molecule has 31 heavy (non-hydrogen) atoms. The number of unbranched alkanes of at least 4 members (excludes halogenated alkanes) is 1. The Morgan fingerprint density at radius 3 is 2.32 bits per heavy atom. The minimum absolute atomic E-state index is 0.0452. The maximum Gasteiger partial charge on any atom is 0.243 e. The van der Waals surface area contributed by atoms with Crippen molar-refractivity contribution in [1.29, 1.82) is 0 Å². The van der Waals surface area contributed by atoms with Crippen molar-refractivity contribution in [3.63, 3.8) is 0 Å². The van der Waals surface area contributed by atoms with Crippen LogP contribution in [0.15, 0.2) is 59.5 Å². The van der Waals surface area contributed by atoms with Gasteiger partial charge in [-0.3, -0.25) is 4.79 Å². The second-order valence-electron chi connectivity index (χ2n) is 8.25. The predicted molar refractivity (Wildman–Crippen MR) is 125 cm³/mol. The van der Waals surface area contributed by atoms with E-state index in [4.69, 9.17) is 0 Å². The maximum absolute atomic E-state index is 12.8. The molecule has 1 saturated heterocycles. The van der Waals surface area contributed by atoms with Gasteiger partial charge in [-0.2, -0.15) is 4.31 Å². The van der Waals surface area contributed by atoms with Crippen LogP contribution in [0, 0.1) is 12.8 Å². The molecular formula is C24H33N3O3S. The first-order valence-corrected chi connectivity index (χ1v) is 12.4. The molecule has 1 amide bonds. The molecule has 1 fully saturated rings. The number of para-hydroxylation sites is 1. The van der Waals surface area contributed by atoms with Gasteiger partial charge in [-0.05, 0) is 56.9 Å². The summed E-state index contributed by atoms with van der Waals surface area (Å²) in [6.07, 6.45) is 3.05. The third-order valence-corrected chi connectivity index (χ3v) is 7.81. The van der Waals surface area contributed by atoms with E-state index < -0.39 is 10.0 Å². The first-order valence-electron chi connectivity index (χ1n) is 11.0. The number of sulfonamides is 1. The first-order chi connectivity index (χ1) is 14.9. The quantitative estimate of drug-likeness (QED) is 0.603. The first kappa shape index (κ1) is 23.3. The van der Waals surface area contributed by atoms with Crippen LogP contribution in [0.1, 0.15) is 31.2 Å². The predicted octanol–water partition coefficient (Wildman–Crippen LogP) is 3.43. The van der Waals surface area contributed by atoms with Crippen molar-refractivity contribution in [1.82, 2.24) is 9.62 Å². The van der Waals surface area contributed by atoms with Gasteiger partial charge in [0.05, 0.1) is 4.90 Å². The molecule has 3 rings (SSSR count). The zero-order valence-corrected chi connectivity index (χ0v) is 19.3. The van der Waals surface area contributed by atoms with E-state index >= 15 is 0 Å². The Morgan fingerprint density at radius 2 is 1.68 bits per heavy atom. The number of anilines is 1. The fourth-order valence-corrected chi connectivity index (χ4v) is 5.33. The van der Waals surface area contributed by atoms with Crippen LogP contribution in [0.2, 0.25) is 0 Å². The average Bonchev–Trinajstić information content (AvgIpc) is 2.79. The minimum Gasteiger partial charge on any atom is -0.375 e. The Bertz CT molecular complexity index is 938. The number of aryl methyl sites for hydroxylation is 1. The molecule has 0 unspecified atom stereocenters. The topological polar surface area (TPSA) is 69.7 Å². The van der Waals surface area contributed by atoms with E-state index in [1.165, 1.54) is 9.99 Å². The zero-order valence-electron chi connectivity index (χ0n) is 18.5. The van der Waals surface area contributed by atoms with Gasteiger partial charge in [0, 0.05) is 44.8 Å². The van der Waals surface area contributed by atoms with Gasteiger partial charge >= 0.3 is 0 Å². The normalized spacial score (nSPS) is 15.5. The van der Waals surface area contributed by atoms with Crippen LogP contribution >= 0.6 is 0 Å². The Hall–Kier alpha value is -2.38. The van der Waals surface area contributed by atoms with Gasteiger partial charge < -0.3 is 10.2 Å². The van der Waals surface area contributed by atoms with Crippen molar-refractivity contribution in [2.75, 3.05) is 38.1 Å². The number of carbonyl (C=O) groups excluding carboxylic acids is 1. The van der Waals surface area contributed by atoms with E-state index in [9.17, 15) is 13.2 Å². The number of hydrogen-bond acceptors (Lipinski definition) is 4. The number of benzene rings is 2. The van der Waals surface area contributed by atoms with Gasteiger partial charge in [0.2, 0.25) is 15.9 Å². The highest BCUT2D eigenvalue weighted by Gasteiger charge is 2.31. The summed E-state index contributed by atoms with van der Waals surface area (Å²) < 4.78 is 27.1. The number of amides is 1. The average molecular weight is 444 g/mol. The summed E-state index contributed by atoms with van der Waals surface area (Å²) in [4.78, 5) is 15.0. The van der Waals surface area contributed by atoms with Gasteiger partial charge in [0.1, 0.15) is 0 Å². The van der Waals surface area contributed by atoms with Crippen molar-refractivity contribution < 1.29 is 13.2 Å². The Kier molecular flexibility index (Phi) is 8.09. The summed E-state index contributed by atoms with van der Waals surface area (Å²) in [6.45, 7) is 4.30. The molecule has 0 radical (unpaired) electrons. The molecule has 0 bridgehead atoms. The number of hydrogen-bond donors (Lipinski definition) is 1. The van der Waals surface area contributed by atoms with Crippen LogP contribution in [0.5, 0.6) is 0 Å². The molecule has 1 N–H and O–H groups in total. The molecular weight excluding hydrogens is 410 g/mol. The van der Waals surface area contributed by atoms with E-state index in [1.54, 1.807) is 12.1 Å². The van der Waals surface area contributed by atoms with Crippen LogP contribution in [0.25, 0.3) is 0 Å². The second-order valence-corrected chi connectivity index (χ2v) is 10.2. The van der Waals surface area contributed by atoms with Crippen molar-refractivity contribution >= 4 is 21.6 Å². The van der Waals surface area contributed by atoms with Gasteiger partial charge in [0.15, 0.2) is 0 Å². The van der Waals surface area contributed by atoms with Crippen molar-refractivity contribution in [2.24, 2.45) is 5.92 Å². The molecule has 0 atom stereocenters. The summed E-state index contributed by atoms with van der Waals surface area (Å²) in [5, 5.41) is 3.03. The lowest BCUT2D eigenvalue weighted by Crippen LogP contribution is -2.43. The number of nitrogens with one attached hydrogen (secondary N) is 1. The minimum atomic E-state index is -3.49. The Balaban J connectivity index is 1.37. The molecule has 0 spiro atoms. The molecule has 2 aromatic rings. The van der Waals surface area contributed by atoms with E-state index in [2.05, 4.69) is 29.4 Å². The van der Waals surface area contributed by atoms with Gasteiger partial charge in [-0.15, -0.1) is 0 Å². The van der Waals surface area contributed by atoms with E-state index in [0.717, 1.165) is 24.9 Å². The molecule has 7 heteroatoms. The fraction of sp³-hybridized carbons (Fsp3) is 0.458. The standard InChI is InChI=1S/C24H33N3O3S/c1-20-10-12-23(13-11-20)31(29,30)27-18-14-21(15-19-27)24(28)25-16-6-7-17-26(2)22-8-4-3-5-9-22/h3-5,8-13,21H,6-7,14-19H2,1-2H3,(H,25,28). The summed E-state index contributed by atoms with van der Waals surface area (Å²) in [6, 6.07) is 17.2. The monoisotopic (exact) mass is 443 g/mol. The smallest absolute Gasteiger partial charge is 0.243 e. The molecule has 1 aliphatic heterocycles. The highest BCUT2D eigenvalue weighted by molar-refractivity contribution is 7.89. The van der Waals surface area contributed by atoms with Gasteiger partial charge in [0.25, 0.3) is 0 Å². The molecule has 0 aliphatic carbocycles. The maximum atomic E-state index is 12.8. The molecule has 1 aliphatic rings. The molecule has 2 aromatic carbocycles. The van der Waals surface area contributed by atoms with Gasteiger partial charge in [-0.1, -0.05) is 35.9 Å². The number of piperidine rings is 1. The van der Waals surface area contributed by atoms with E-state index in [-0.39, 0.29) is 11.8 Å². The van der Waals surface area contributed by atoms with Crippen LogP contribution < -0.4 is 10.2 Å². The summed E-state index contributed by atoms with van der Waals surface area (Å²) in [5.41, 5.74) is 2.22. The summed E-state index contributed by atoms with van der Waals surface area (Å²) in [5.74, 6) is -0.0692. The summed E-state index contributed by atoms with van der Waals surface area (Å²) in [7, 11) is -1.41. The SMILES string of the molecule is Cc1ccc(S(=O)(=O)N2CCC(C(=O)NCCCCN(C)c3ccccc3)CC2)cc1. The van der Waals surface area contributed by atoms with Crippen LogP contribution in [-0.4, -0.2) is 51.9 Å². The van der Waals surface area contributed by atoms with Gasteiger partial charge in [-0.25, -0.2) is 8.42 Å². The lowest BCUT2D eigenvalue weighted by atomic mass is 9.97. The van der Waals surface area contributed by atoms with E-state index in [1.807, 2.05) is 37.3 Å². The highest BCUT2D eigenvalue weighted by atomic mass is 32.2. The zero-order chi connectivity index (χ0) is 22.3. The van der Waals surface area contributed by atoms with E-state index in [0.29, 0.717) is 37.4 Å². The molecule has 0 aromatic heterocycles. The van der Waals surface area contributed by atoms with Crippen molar-refractivity contribution in [3.05, 3.63) is 60.2 Å². The molecule has 168 valence electrons. The lowest BCUT2D eigenvalue weighted by molar-refractivity contribution is -0.126. The second kappa shape index (κ2) is 10.8. The number of nitrogens with zero attached hydrogens (tertiary/aromatic N) is 2. The highest BCUT2D eigenvalue weighted by Crippen LogP contribution is 2.24. The molecule has 0 saturated carbocycles. The van der Waals surface area contributed by atoms with Crippen molar-refractivity contribution in [3.8, 4) is 0 Å². The number of rotatable bonds is 9. The third-order valence-electron chi connectivity index (χ3n) is 5.90. The molecule has 6 nitrogen and oxygen atoms in total. The Morgan fingerprint density at radius 1 is 1.03 bits per heavy atom. The van der Waals surface area contributed by atoms with Crippen molar-refractivity contribution in [2.45, 2.75) is 37.5 Å². The van der Waals surface area contributed by atoms with Crippen LogP contribution in [0.3, 0.4) is 0 Å². The van der Waals surface area contributed by atoms with Crippen LogP contribution in [0.4, 0.5) is 5.69 Å². The lowest BCUT2D eigenvalue weighted by Gasteiger charge is -2.30. The fourth-order valence-electron chi connectivity index (χ4n) is 3.86. The van der Waals surface area contributed by atoms with Crippen LogP contribution in [-0.2, 0) is 14.8 Å². The molecule has 1 heterocycles. The largest absolute Gasteiger partial charge is 0.375 e.